The average molecular weight is 275 g/mol. The first-order valence-corrected chi connectivity index (χ1v) is 7.97. The van der Waals surface area contributed by atoms with Crippen molar-refractivity contribution in [3.05, 3.63) is 40.6 Å². The second kappa shape index (κ2) is 5.88. The lowest BCUT2D eigenvalue weighted by Gasteiger charge is -2.32. The molecule has 0 unspecified atom stereocenters. The summed E-state index contributed by atoms with van der Waals surface area (Å²) in [6.07, 6.45) is 6.68. The van der Waals surface area contributed by atoms with Gasteiger partial charge in [-0.15, -0.1) is 0 Å². The Labute approximate surface area is 118 Å². The Morgan fingerprint density at radius 1 is 1.47 bits per heavy atom. The molecule has 3 rings (SSSR count). The summed E-state index contributed by atoms with van der Waals surface area (Å²) in [5, 5.41) is 4.44. The minimum absolute atomic E-state index is 0.764. The van der Waals surface area contributed by atoms with E-state index in [1.54, 1.807) is 11.3 Å². The summed E-state index contributed by atoms with van der Waals surface area (Å²) in [7, 11) is 0. The zero-order valence-corrected chi connectivity index (χ0v) is 12.3. The second-order valence-corrected chi connectivity index (χ2v) is 6.28. The summed E-state index contributed by atoms with van der Waals surface area (Å²) in [4.78, 5) is 6.91. The first kappa shape index (κ1) is 12.9. The fourth-order valence-corrected chi connectivity index (χ4v) is 3.62. The third-order valence-corrected chi connectivity index (χ3v) is 4.70. The molecule has 0 aromatic carbocycles. The Morgan fingerprint density at radius 3 is 3.16 bits per heavy atom. The maximum absolute atomic E-state index is 4.31. The third kappa shape index (κ3) is 3.25. The number of aromatic nitrogens is 2. The lowest BCUT2D eigenvalue weighted by molar-refractivity contribution is 0.155. The molecule has 3 nitrogen and oxygen atoms in total. The molecule has 0 N–H and O–H groups in total. The molecule has 0 spiro atoms. The van der Waals surface area contributed by atoms with Gasteiger partial charge in [0.2, 0.25) is 0 Å². The van der Waals surface area contributed by atoms with Crippen LogP contribution in [0.5, 0.6) is 0 Å². The molecule has 0 bridgehead atoms. The monoisotopic (exact) mass is 275 g/mol. The van der Waals surface area contributed by atoms with Gasteiger partial charge in [0, 0.05) is 32.0 Å². The van der Waals surface area contributed by atoms with Crippen molar-refractivity contribution < 1.29 is 0 Å². The Hall–Kier alpha value is -1.13. The molecule has 4 heteroatoms. The minimum atomic E-state index is 0.764. The maximum atomic E-state index is 4.31. The standard InChI is InChI=1S/C15H21N3S/c1-13-16-5-7-18(13)11-14-3-2-6-17(9-14)10-15-4-8-19-12-15/h4-5,7-8,12,14H,2-3,6,9-11H2,1H3/t14-/m1/s1. The number of nitrogens with zero attached hydrogens (tertiary/aromatic N) is 3. The molecule has 2 aromatic heterocycles. The van der Waals surface area contributed by atoms with Crippen LogP contribution in [-0.2, 0) is 13.1 Å². The minimum Gasteiger partial charge on any atom is -0.335 e. The lowest BCUT2D eigenvalue weighted by Crippen LogP contribution is -2.36. The van der Waals surface area contributed by atoms with E-state index in [9.17, 15) is 0 Å². The van der Waals surface area contributed by atoms with Crippen LogP contribution < -0.4 is 0 Å². The summed E-state index contributed by atoms with van der Waals surface area (Å²) in [5.41, 5.74) is 1.46. The number of likely N-dealkylation sites (tertiary alicyclic amines) is 1. The molecule has 19 heavy (non-hydrogen) atoms. The van der Waals surface area contributed by atoms with Gasteiger partial charge in [-0.1, -0.05) is 0 Å². The van der Waals surface area contributed by atoms with Crippen LogP contribution in [0, 0.1) is 12.8 Å². The molecule has 1 aliphatic rings. The van der Waals surface area contributed by atoms with Crippen molar-refractivity contribution in [2.45, 2.75) is 32.9 Å². The predicted molar refractivity (Wildman–Crippen MR) is 79.3 cm³/mol. The van der Waals surface area contributed by atoms with Crippen molar-refractivity contribution in [2.75, 3.05) is 13.1 Å². The molecule has 3 heterocycles. The van der Waals surface area contributed by atoms with E-state index < -0.39 is 0 Å². The molecule has 0 aliphatic carbocycles. The predicted octanol–water partition coefficient (Wildman–Crippen LogP) is 3.17. The van der Waals surface area contributed by atoms with Gasteiger partial charge < -0.3 is 4.57 Å². The van der Waals surface area contributed by atoms with E-state index >= 15 is 0 Å². The highest BCUT2D eigenvalue weighted by Gasteiger charge is 2.20. The Morgan fingerprint density at radius 2 is 2.42 bits per heavy atom. The lowest BCUT2D eigenvalue weighted by atomic mass is 9.97. The summed E-state index contributed by atoms with van der Waals surface area (Å²) in [5.74, 6) is 1.90. The highest BCUT2D eigenvalue weighted by molar-refractivity contribution is 7.07. The molecule has 1 fully saturated rings. The van der Waals surface area contributed by atoms with E-state index in [4.69, 9.17) is 0 Å². The van der Waals surface area contributed by atoms with Crippen LogP contribution in [0.2, 0.25) is 0 Å². The smallest absolute Gasteiger partial charge is 0.105 e. The number of rotatable bonds is 4. The Kier molecular flexibility index (Phi) is 3.99. The largest absolute Gasteiger partial charge is 0.335 e. The van der Waals surface area contributed by atoms with Gasteiger partial charge in [-0.25, -0.2) is 4.98 Å². The SMILES string of the molecule is Cc1nccn1C[C@@H]1CCCN(Cc2ccsc2)C1. The number of hydrogen-bond donors (Lipinski definition) is 0. The van der Waals surface area contributed by atoms with E-state index in [0.29, 0.717) is 0 Å². The highest BCUT2D eigenvalue weighted by atomic mass is 32.1. The van der Waals surface area contributed by atoms with Crippen molar-refractivity contribution in [1.29, 1.82) is 0 Å². The van der Waals surface area contributed by atoms with E-state index in [0.717, 1.165) is 24.8 Å². The molecular formula is C15H21N3S. The fourth-order valence-electron chi connectivity index (χ4n) is 2.96. The molecule has 102 valence electrons. The van der Waals surface area contributed by atoms with Gasteiger partial charge in [0.15, 0.2) is 0 Å². The van der Waals surface area contributed by atoms with E-state index in [-0.39, 0.29) is 0 Å². The molecule has 2 aromatic rings. The first-order chi connectivity index (χ1) is 9.31. The molecule has 0 amide bonds. The summed E-state index contributed by atoms with van der Waals surface area (Å²) < 4.78 is 2.29. The van der Waals surface area contributed by atoms with Crippen LogP contribution in [0.4, 0.5) is 0 Å². The third-order valence-electron chi connectivity index (χ3n) is 3.97. The van der Waals surface area contributed by atoms with Crippen molar-refractivity contribution in [1.82, 2.24) is 14.5 Å². The van der Waals surface area contributed by atoms with Crippen LogP contribution in [0.25, 0.3) is 0 Å². The highest BCUT2D eigenvalue weighted by Crippen LogP contribution is 2.21. The van der Waals surface area contributed by atoms with Gasteiger partial charge in [-0.2, -0.15) is 11.3 Å². The zero-order valence-electron chi connectivity index (χ0n) is 11.5. The Balaban J connectivity index is 1.57. The summed E-state index contributed by atoms with van der Waals surface area (Å²) >= 11 is 1.80. The number of aryl methyl sites for hydroxylation is 1. The molecule has 1 aliphatic heterocycles. The number of hydrogen-bond acceptors (Lipinski definition) is 3. The van der Waals surface area contributed by atoms with Gasteiger partial charge in [-0.3, -0.25) is 4.90 Å². The van der Waals surface area contributed by atoms with Crippen LogP contribution in [-0.4, -0.2) is 27.5 Å². The van der Waals surface area contributed by atoms with Crippen molar-refractivity contribution in [3.63, 3.8) is 0 Å². The van der Waals surface area contributed by atoms with E-state index in [2.05, 4.69) is 44.4 Å². The molecule has 1 saturated heterocycles. The second-order valence-electron chi connectivity index (χ2n) is 5.50. The number of thiophene rings is 1. The van der Waals surface area contributed by atoms with Crippen molar-refractivity contribution >= 4 is 11.3 Å². The van der Waals surface area contributed by atoms with Crippen LogP contribution in [0.15, 0.2) is 29.2 Å². The molecule has 0 radical (unpaired) electrons. The molecule has 1 atom stereocenters. The van der Waals surface area contributed by atoms with E-state index in [1.165, 1.54) is 31.5 Å². The van der Waals surface area contributed by atoms with Crippen LogP contribution >= 0.6 is 11.3 Å². The normalized spacial score (nSPS) is 20.8. The summed E-state index contributed by atoms with van der Waals surface area (Å²) in [6.45, 7) is 6.78. The molecular weight excluding hydrogens is 254 g/mol. The van der Waals surface area contributed by atoms with Crippen LogP contribution in [0.3, 0.4) is 0 Å². The van der Waals surface area contributed by atoms with E-state index in [1.807, 2.05) is 6.20 Å². The number of imidazole rings is 1. The first-order valence-electron chi connectivity index (χ1n) is 7.02. The number of piperidine rings is 1. The fraction of sp³-hybridized carbons (Fsp3) is 0.533. The van der Waals surface area contributed by atoms with Gasteiger partial charge in [0.05, 0.1) is 0 Å². The summed E-state index contributed by atoms with van der Waals surface area (Å²) in [6, 6.07) is 2.24. The quantitative estimate of drug-likeness (QED) is 0.854. The Bertz CT molecular complexity index is 503. The zero-order chi connectivity index (χ0) is 13.1. The average Bonchev–Trinajstić information content (AvgIpc) is 3.03. The van der Waals surface area contributed by atoms with Crippen LogP contribution in [0.1, 0.15) is 24.2 Å². The van der Waals surface area contributed by atoms with Gasteiger partial charge in [0.25, 0.3) is 0 Å². The van der Waals surface area contributed by atoms with Gasteiger partial charge in [0.1, 0.15) is 5.82 Å². The maximum Gasteiger partial charge on any atom is 0.105 e. The van der Waals surface area contributed by atoms with Crippen molar-refractivity contribution in [3.8, 4) is 0 Å². The van der Waals surface area contributed by atoms with Gasteiger partial charge >= 0.3 is 0 Å². The van der Waals surface area contributed by atoms with Crippen molar-refractivity contribution in [2.24, 2.45) is 5.92 Å². The van der Waals surface area contributed by atoms with Gasteiger partial charge in [-0.05, 0) is 54.6 Å². The molecule has 0 saturated carbocycles. The topological polar surface area (TPSA) is 21.1 Å².